The van der Waals surface area contributed by atoms with Crippen molar-refractivity contribution in [2.45, 2.75) is 20.4 Å². The van der Waals surface area contributed by atoms with Crippen molar-refractivity contribution in [3.05, 3.63) is 35.5 Å². The van der Waals surface area contributed by atoms with Crippen LogP contribution in [0.5, 0.6) is 0 Å². The van der Waals surface area contributed by atoms with Crippen LogP contribution in [0.1, 0.15) is 22.8 Å². The van der Waals surface area contributed by atoms with Gasteiger partial charge >= 0.3 is 5.97 Å². The summed E-state index contributed by atoms with van der Waals surface area (Å²) in [5.41, 5.74) is 2.52. The molecule has 0 fully saturated rings. The van der Waals surface area contributed by atoms with Gasteiger partial charge in [0, 0.05) is 23.6 Å². The average Bonchev–Trinajstić information content (AvgIpc) is 2.55. The van der Waals surface area contributed by atoms with E-state index in [9.17, 15) is 4.79 Å². The Hall–Kier alpha value is -1.77. The molecule has 0 aliphatic rings. The molecule has 1 aromatic carbocycles. The van der Waals surface area contributed by atoms with Crippen LogP contribution < -0.4 is 0 Å². The monoisotopic (exact) mass is 203 g/mol. The molecule has 2 aromatic rings. The summed E-state index contributed by atoms with van der Waals surface area (Å²) < 4.78 is 1.96. The van der Waals surface area contributed by atoms with Crippen molar-refractivity contribution in [2.24, 2.45) is 0 Å². The number of carboxylic acid groups (broad SMARTS) is 1. The molecule has 0 atom stereocenters. The second-order valence-electron chi connectivity index (χ2n) is 3.65. The molecule has 1 heterocycles. The lowest BCUT2D eigenvalue weighted by Crippen LogP contribution is -1.94. The summed E-state index contributed by atoms with van der Waals surface area (Å²) in [4.78, 5) is 11.0. The lowest BCUT2D eigenvalue weighted by molar-refractivity contribution is 0.0699. The molecule has 15 heavy (non-hydrogen) atoms. The number of aryl methyl sites for hydroxylation is 2. The number of carbonyl (C=O) groups is 1. The molecule has 1 aromatic heterocycles. The van der Waals surface area contributed by atoms with Crippen molar-refractivity contribution in [2.75, 3.05) is 0 Å². The summed E-state index contributed by atoms with van der Waals surface area (Å²) in [6, 6.07) is 5.83. The number of fused-ring (bicyclic) bond motifs is 1. The molecule has 0 unspecified atom stereocenters. The van der Waals surface area contributed by atoms with Gasteiger partial charge in [0.1, 0.15) is 0 Å². The van der Waals surface area contributed by atoms with E-state index in [2.05, 4.69) is 0 Å². The Balaban J connectivity index is 2.81. The Labute approximate surface area is 87.9 Å². The van der Waals surface area contributed by atoms with Crippen LogP contribution >= 0.6 is 0 Å². The highest BCUT2D eigenvalue weighted by Crippen LogP contribution is 2.22. The summed E-state index contributed by atoms with van der Waals surface area (Å²) in [5.74, 6) is -0.865. The molecule has 0 bridgehead atoms. The molecule has 0 saturated carbocycles. The molecule has 3 nitrogen and oxygen atoms in total. The molecular formula is C12H13NO2. The summed E-state index contributed by atoms with van der Waals surface area (Å²) in [5, 5.41) is 9.86. The Morgan fingerprint density at radius 2 is 2.20 bits per heavy atom. The van der Waals surface area contributed by atoms with Crippen LogP contribution in [0.15, 0.2) is 24.4 Å². The van der Waals surface area contributed by atoms with Crippen LogP contribution in [0.3, 0.4) is 0 Å². The van der Waals surface area contributed by atoms with Gasteiger partial charge in [-0.1, -0.05) is 12.1 Å². The second-order valence-corrected chi connectivity index (χ2v) is 3.65. The minimum atomic E-state index is -0.865. The molecule has 0 radical (unpaired) electrons. The molecule has 0 spiro atoms. The summed E-state index contributed by atoms with van der Waals surface area (Å²) >= 11 is 0. The first-order valence-electron chi connectivity index (χ1n) is 4.96. The van der Waals surface area contributed by atoms with Gasteiger partial charge in [0.2, 0.25) is 0 Å². The van der Waals surface area contributed by atoms with Crippen LogP contribution in [-0.2, 0) is 6.54 Å². The minimum Gasteiger partial charge on any atom is -0.478 e. The van der Waals surface area contributed by atoms with E-state index in [4.69, 9.17) is 5.11 Å². The molecule has 0 aliphatic carbocycles. The number of benzene rings is 1. The van der Waals surface area contributed by atoms with Gasteiger partial charge in [-0.05, 0) is 25.5 Å². The zero-order valence-electron chi connectivity index (χ0n) is 8.82. The van der Waals surface area contributed by atoms with Crippen molar-refractivity contribution in [3.8, 4) is 0 Å². The fourth-order valence-electron chi connectivity index (χ4n) is 1.83. The third-order valence-corrected chi connectivity index (χ3v) is 2.61. The van der Waals surface area contributed by atoms with E-state index in [-0.39, 0.29) is 0 Å². The Morgan fingerprint density at radius 3 is 2.80 bits per heavy atom. The van der Waals surface area contributed by atoms with E-state index in [0.29, 0.717) is 5.56 Å². The maximum Gasteiger partial charge on any atom is 0.337 e. The molecule has 78 valence electrons. The van der Waals surface area contributed by atoms with Crippen molar-refractivity contribution in [1.29, 1.82) is 0 Å². The first-order valence-corrected chi connectivity index (χ1v) is 4.96. The summed E-state index contributed by atoms with van der Waals surface area (Å²) in [6.07, 6.45) is 1.70. The van der Waals surface area contributed by atoms with Crippen molar-refractivity contribution in [1.82, 2.24) is 4.57 Å². The van der Waals surface area contributed by atoms with Gasteiger partial charge in [-0.3, -0.25) is 0 Å². The Kier molecular flexibility index (Phi) is 2.23. The predicted molar refractivity (Wildman–Crippen MR) is 59.3 cm³/mol. The fourth-order valence-corrected chi connectivity index (χ4v) is 1.83. The van der Waals surface area contributed by atoms with Crippen LogP contribution in [-0.4, -0.2) is 15.6 Å². The smallest absolute Gasteiger partial charge is 0.337 e. The van der Waals surface area contributed by atoms with Gasteiger partial charge in [0.05, 0.1) is 5.56 Å². The zero-order valence-corrected chi connectivity index (χ0v) is 8.82. The standard InChI is InChI=1S/C12H13NO2/c1-3-13-7-10(12(14)15)9-5-4-8(2)6-11(9)13/h4-7H,3H2,1-2H3,(H,14,15). The largest absolute Gasteiger partial charge is 0.478 e. The lowest BCUT2D eigenvalue weighted by Gasteiger charge is -2.00. The third kappa shape index (κ3) is 1.50. The molecule has 1 N–H and O–H groups in total. The van der Waals surface area contributed by atoms with E-state index in [1.165, 1.54) is 0 Å². The maximum absolute atomic E-state index is 11.0. The number of hydrogen-bond acceptors (Lipinski definition) is 1. The van der Waals surface area contributed by atoms with Crippen LogP contribution in [0.25, 0.3) is 10.9 Å². The molecule has 0 saturated heterocycles. The van der Waals surface area contributed by atoms with E-state index in [1.807, 2.05) is 36.6 Å². The predicted octanol–water partition coefficient (Wildman–Crippen LogP) is 2.67. The Bertz CT molecular complexity index is 526. The van der Waals surface area contributed by atoms with Gasteiger partial charge < -0.3 is 9.67 Å². The van der Waals surface area contributed by atoms with E-state index in [1.54, 1.807) is 6.20 Å². The van der Waals surface area contributed by atoms with Crippen LogP contribution in [0.4, 0.5) is 0 Å². The molecule has 0 amide bonds. The molecule has 3 heteroatoms. The summed E-state index contributed by atoms with van der Waals surface area (Å²) in [6.45, 7) is 4.80. The van der Waals surface area contributed by atoms with Gasteiger partial charge in [-0.25, -0.2) is 4.79 Å². The van der Waals surface area contributed by atoms with Crippen molar-refractivity contribution in [3.63, 3.8) is 0 Å². The number of hydrogen-bond donors (Lipinski definition) is 1. The van der Waals surface area contributed by atoms with Gasteiger partial charge in [0.15, 0.2) is 0 Å². The van der Waals surface area contributed by atoms with Crippen LogP contribution in [0, 0.1) is 6.92 Å². The molecular weight excluding hydrogens is 190 g/mol. The number of aromatic carboxylic acids is 1. The molecule has 2 rings (SSSR count). The van der Waals surface area contributed by atoms with Crippen molar-refractivity contribution < 1.29 is 9.90 Å². The topological polar surface area (TPSA) is 42.2 Å². The average molecular weight is 203 g/mol. The van der Waals surface area contributed by atoms with Crippen LogP contribution in [0.2, 0.25) is 0 Å². The van der Waals surface area contributed by atoms with Gasteiger partial charge in [-0.15, -0.1) is 0 Å². The fraction of sp³-hybridized carbons (Fsp3) is 0.250. The molecule has 0 aliphatic heterocycles. The van der Waals surface area contributed by atoms with Crippen molar-refractivity contribution >= 4 is 16.9 Å². The van der Waals surface area contributed by atoms with E-state index < -0.39 is 5.97 Å². The number of aromatic nitrogens is 1. The maximum atomic E-state index is 11.0. The highest BCUT2D eigenvalue weighted by molar-refractivity contribution is 6.03. The quantitative estimate of drug-likeness (QED) is 0.815. The Morgan fingerprint density at radius 1 is 1.47 bits per heavy atom. The normalized spacial score (nSPS) is 10.8. The number of nitrogens with zero attached hydrogens (tertiary/aromatic N) is 1. The van der Waals surface area contributed by atoms with Gasteiger partial charge in [-0.2, -0.15) is 0 Å². The zero-order chi connectivity index (χ0) is 11.0. The first kappa shape index (κ1) is 9.77. The lowest BCUT2D eigenvalue weighted by atomic mass is 10.1. The van der Waals surface area contributed by atoms with E-state index in [0.717, 1.165) is 23.0 Å². The second kappa shape index (κ2) is 3.42. The SMILES string of the molecule is CCn1cc(C(=O)O)c2ccc(C)cc21. The third-order valence-electron chi connectivity index (χ3n) is 2.61. The summed E-state index contributed by atoms with van der Waals surface area (Å²) in [7, 11) is 0. The highest BCUT2D eigenvalue weighted by atomic mass is 16.4. The number of rotatable bonds is 2. The minimum absolute atomic E-state index is 0.381. The van der Waals surface area contributed by atoms with E-state index >= 15 is 0 Å². The van der Waals surface area contributed by atoms with Gasteiger partial charge in [0.25, 0.3) is 0 Å². The number of carboxylic acids is 1. The first-order chi connectivity index (χ1) is 7.13. The highest BCUT2D eigenvalue weighted by Gasteiger charge is 2.12.